The minimum atomic E-state index is -0.0505. The molecule has 0 aliphatic heterocycles. The summed E-state index contributed by atoms with van der Waals surface area (Å²) >= 11 is 1.90. The van der Waals surface area contributed by atoms with Gasteiger partial charge in [0.25, 0.3) is 0 Å². The van der Waals surface area contributed by atoms with Crippen molar-refractivity contribution in [1.82, 2.24) is 0 Å². The van der Waals surface area contributed by atoms with E-state index in [2.05, 4.69) is 26.0 Å². The van der Waals surface area contributed by atoms with Crippen molar-refractivity contribution < 1.29 is 4.74 Å². The molecule has 2 N–H and O–H groups in total. The van der Waals surface area contributed by atoms with E-state index in [1.54, 1.807) is 0 Å². The molecule has 1 saturated carbocycles. The van der Waals surface area contributed by atoms with Gasteiger partial charge in [-0.25, -0.2) is 0 Å². The summed E-state index contributed by atoms with van der Waals surface area (Å²) in [6.07, 6.45) is 6.87. The van der Waals surface area contributed by atoms with Crippen LogP contribution in [-0.4, -0.2) is 18.2 Å². The molecule has 1 unspecified atom stereocenters. The van der Waals surface area contributed by atoms with Crippen LogP contribution in [-0.2, 0) is 17.6 Å². The van der Waals surface area contributed by atoms with E-state index in [4.69, 9.17) is 10.5 Å². The molecule has 0 spiro atoms. The molecule has 1 atom stereocenters. The number of aryl methyl sites for hydroxylation is 1. The highest BCUT2D eigenvalue weighted by atomic mass is 32.1. The number of nitrogens with two attached hydrogens (primary N) is 1. The Balaban J connectivity index is 2.02. The zero-order valence-electron chi connectivity index (χ0n) is 11.6. The van der Waals surface area contributed by atoms with Gasteiger partial charge in [-0.2, -0.15) is 0 Å². The smallest absolute Gasteiger partial charge is 0.0836 e. The van der Waals surface area contributed by atoms with Crippen molar-refractivity contribution in [2.45, 2.75) is 64.0 Å². The Morgan fingerprint density at radius 2 is 1.94 bits per heavy atom. The van der Waals surface area contributed by atoms with Gasteiger partial charge in [-0.15, -0.1) is 11.3 Å². The highest BCUT2D eigenvalue weighted by Gasteiger charge is 2.40. The molecule has 18 heavy (non-hydrogen) atoms. The molecule has 0 saturated heterocycles. The lowest BCUT2D eigenvalue weighted by molar-refractivity contribution is -0.0523. The third-order valence-corrected chi connectivity index (χ3v) is 5.30. The van der Waals surface area contributed by atoms with Crippen molar-refractivity contribution in [2.75, 3.05) is 6.61 Å². The van der Waals surface area contributed by atoms with Gasteiger partial charge in [-0.05, 0) is 44.7 Å². The Labute approximate surface area is 115 Å². The van der Waals surface area contributed by atoms with Crippen LogP contribution in [0.3, 0.4) is 0 Å². The van der Waals surface area contributed by atoms with E-state index in [1.807, 2.05) is 11.3 Å². The van der Waals surface area contributed by atoms with Gasteiger partial charge in [-0.3, -0.25) is 0 Å². The summed E-state index contributed by atoms with van der Waals surface area (Å²) in [4.78, 5) is 2.86. The molecule has 2 nitrogen and oxygen atoms in total. The van der Waals surface area contributed by atoms with Crippen LogP contribution in [0.15, 0.2) is 12.1 Å². The maximum absolute atomic E-state index is 6.46. The summed E-state index contributed by atoms with van der Waals surface area (Å²) < 4.78 is 6.04. The zero-order valence-corrected chi connectivity index (χ0v) is 12.4. The fraction of sp³-hybridized carbons (Fsp3) is 0.733. The predicted molar refractivity (Wildman–Crippen MR) is 78.2 cm³/mol. The molecule has 2 rings (SSSR count). The molecule has 1 fully saturated rings. The van der Waals surface area contributed by atoms with E-state index in [9.17, 15) is 0 Å². The van der Waals surface area contributed by atoms with Crippen LogP contribution in [0.1, 0.15) is 49.3 Å². The van der Waals surface area contributed by atoms with Crippen LogP contribution in [0.4, 0.5) is 0 Å². The fourth-order valence-corrected chi connectivity index (χ4v) is 4.02. The SMILES string of the molecule is CCOC1(C(N)Cc2ccc(CC)s2)CCCC1. The second-order valence-corrected chi connectivity index (χ2v) is 6.49. The average molecular weight is 267 g/mol. The zero-order chi connectivity index (χ0) is 13.0. The van der Waals surface area contributed by atoms with Crippen LogP contribution < -0.4 is 5.73 Å². The summed E-state index contributed by atoms with van der Waals surface area (Å²) in [6.45, 7) is 5.06. The van der Waals surface area contributed by atoms with Gasteiger partial charge >= 0.3 is 0 Å². The maximum atomic E-state index is 6.46. The Bertz CT molecular complexity index is 368. The summed E-state index contributed by atoms with van der Waals surface area (Å²) in [5.41, 5.74) is 6.41. The topological polar surface area (TPSA) is 35.2 Å². The molecule has 0 radical (unpaired) electrons. The minimum Gasteiger partial charge on any atom is -0.374 e. The predicted octanol–water partition coefficient (Wildman–Crippen LogP) is 3.53. The molecule has 0 aromatic carbocycles. The number of ether oxygens (including phenoxy) is 1. The summed E-state index contributed by atoms with van der Waals surface area (Å²) in [7, 11) is 0. The summed E-state index contributed by atoms with van der Waals surface area (Å²) in [5, 5.41) is 0. The van der Waals surface area contributed by atoms with Crippen LogP contribution in [0, 0.1) is 0 Å². The van der Waals surface area contributed by atoms with Crippen molar-refractivity contribution in [3.8, 4) is 0 Å². The quantitative estimate of drug-likeness (QED) is 0.855. The van der Waals surface area contributed by atoms with Crippen LogP contribution in [0.2, 0.25) is 0 Å². The molecule has 1 heterocycles. The second kappa shape index (κ2) is 6.18. The lowest BCUT2D eigenvalue weighted by Gasteiger charge is -2.35. The van der Waals surface area contributed by atoms with Crippen molar-refractivity contribution in [3.05, 3.63) is 21.9 Å². The standard InChI is InChI=1S/C15H25NOS/c1-3-12-7-8-13(18-12)11-14(16)15(17-4-2)9-5-6-10-15/h7-8,14H,3-6,9-11,16H2,1-2H3. The highest BCUT2D eigenvalue weighted by molar-refractivity contribution is 7.11. The minimum absolute atomic E-state index is 0.0505. The lowest BCUT2D eigenvalue weighted by atomic mass is 9.90. The van der Waals surface area contributed by atoms with Gasteiger partial charge in [0.2, 0.25) is 0 Å². The highest BCUT2D eigenvalue weighted by Crippen LogP contribution is 2.37. The average Bonchev–Trinajstić information content (AvgIpc) is 2.99. The van der Waals surface area contributed by atoms with Crippen molar-refractivity contribution in [3.63, 3.8) is 0 Å². The first-order valence-electron chi connectivity index (χ1n) is 7.17. The van der Waals surface area contributed by atoms with E-state index in [0.717, 1.165) is 32.3 Å². The molecule has 1 aromatic heterocycles. The molecule has 1 aliphatic rings. The van der Waals surface area contributed by atoms with E-state index in [1.165, 1.54) is 22.6 Å². The first-order chi connectivity index (χ1) is 8.70. The normalized spacial score (nSPS) is 20.2. The molecular weight excluding hydrogens is 242 g/mol. The molecule has 1 aliphatic carbocycles. The Morgan fingerprint density at radius 3 is 2.50 bits per heavy atom. The number of hydrogen-bond donors (Lipinski definition) is 1. The third kappa shape index (κ3) is 2.95. The molecule has 3 heteroatoms. The van der Waals surface area contributed by atoms with E-state index >= 15 is 0 Å². The number of hydrogen-bond acceptors (Lipinski definition) is 3. The first kappa shape index (κ1) is 14.0. The van der Waals surface area contributed by atoms with E-state index in [0.29, 0.717) is 0 Å². The van der Waals surface area contributed by atoms with Crippen LogP contribution >= 0.6 is 11.3 Å². The molecule has 0 bridgehead atoms. The number of rotatable bonds is 6. The fourth-order valence-electron chi connectivity index (χ4n) is 3.01. The second-order valence-electron chi connectivity index (χ2n) is 5.24. The van der Waals surface area contributed by atoms with Crippen LogP contribution in [0.5, 0.6) is 0 Å². The largest absolute Gasteiger partial charge is 0.374 e. The molecule has 1 aromatic rings. The number of thiophene rings is 1. The van der Waals surface area contributed by atoms with Crippen molar-refractivity contribution >= 4 is 11.3 Å². The summed E-state index contributed by atoms with van der Waals surface area (Å²) in [5.74, 6) is 0. The van der Waals surface area contributed by atoms with Gasteiger partial charge in [0.05, 0.1) is 5.60 Å². The lowest BCUT2D eigenvalue weighted by Crippen LogP contribution is -2.49. The summed E-state index contributed by atoms with van der Waals surface area (Å²) in [6, 6.07) is 4.61. The first-order valence-corrected chi connectivity index (χ1v) is 7.99. The van der Waals surface area contributed by atoms with Gasteiger partial charge in [0.15, 0.2) is 0 Å². The van der Waals surface area contributed by atoms with Gasteiger partial charge in [-0.1, -0.05) is 19.8 Å². The molecule has 102 valence electrons. The Morgan fingerprint density at radius 1 is 1.28 bits per heavy atom. The van der Waals surface area contributed by atoms with E-state index in [-0.39, 0.29) is 11.6 Å². The van der Waals surface area contributed by atoms with Gasteiger partial charge < -0.3 is 10.5 Å². The van der Waals surface area contributed by atoms with Crippen LogP contribution in [0.25, 0.3) is 0 Å². The van der Waals surface area contributed by atoms with Crippen molar-refractivity contribution in [1.29, 1.82) is 0 Å². The molecule has 0 amide bonds. The Kier molecular flexibility index (Phi) is 4.82. The maximum Gasteiger partial charge on any atom is 0.0836 e. The van der Waals surface area contributed by atoms with Gasteiger partial charge in [0.1, 0.15) is 0 Å². The third-order valence-electron chi connectivity index (χ3n) is 4.04. The van der Waals surface area contributed by atoms with Gasteiger partial charge in [0, 0.05) is 22.4 Å². The monoisotopic (exact) mass is 267 g/mol. The Hall–Kier alpha value is -0.380. The van der Waals surface area contributed by atoms with Crippen molar-refractivity contribution in [2.24, 2.45) is 5.73 Å². The molecular formula is C15H25NOS. The van der Waals surface area contributed by atoms with E-state index < -0.39 is 0 Å².